The van der Waals surface area contributed by atoms with Crippen LogP contribution in [0.5, 0.6) is 5.75 Å². The van der Waals surface area contributed by atoms with Crippen molar-refractivity contribution in [1.29, 1.82) is 0 Å². The van der Waals surface area contributed by atoms with E-state index in [9.17, 15) is 26.0 Å². The van der Waals surface area contributed by atoms with Crippen molar-refractivity contribution < 1.29 is 35.3 Å². The summed E-state index contributed by atoms with van der Waals surface area (Å²) in [6, 6.07) is 9.92. The second-order valence-electron chi connectivity index (χ2n) is 5.86. The SMILES string of the molecule is CCc1cccc2cccc(OC3=C(F)C(F)=C(S(=O)(=O)O)C(F)C3F)c12. The predicted octanol–water partition coefficient (Wildman–Crippen LogP) is 4.72. The number of rotatable bonds is 4. The van der Waals surface area contributed by atoms with Gasteiger partial charge in [-0.25, -0.2) is 13.2 Å². The van der Waals surface area contributed by atoms with E-state index >= 15 is 0 Å². The number of hydrogen-bond acceptors (Lipinski definition) is 3. The van der Waals surface area contributed by atoms with Gasteiger partial charge in [0.15, 0.2) is 23.9 Å². The number of aryl methyl sites for hydroxylation is 1. The highest BCUT2D eigenvalue weighted by Gasteiger charge is 2.46. The zero-order valence-electron chi connectivity index (χ0n) is 13.9. The van der Waals surface area contributed by atoms with Crippen LogP contribution in [0.25, 0.3) is 10.8 Å². The van der Waals surface area contributed by atoms with Gasteiger partial charge in [-0.05, 0) is 23.4 Å². The molecule has 27 heavy (non-hydrogen) atoms. The fourth-order valence-electron chi connectivity index (χ4n) is 2.96. The summed E-state index contributed by atoms with van der Waals surface area (Å²) in [5.74, 6) is -5.60. The lowest BCUT2D eigenvalue weighted by Gasteiger charge is -2.24. The molecular weight excluding hydrogens is 388 g/mol. The smallest absolute Gasteiger partial charge is 0.296 e. The Morgan fingerprint density at radius 1 is 1.04 bits per heavy atom. The Morgan fingerprint density at radius 2 is 1.67 bits per heavy atom. The Labute approximate surface area is 152 Å². The molecule has 0 bridgehead atoms. The topological polar surface area (TPSA) is 63.6 Å². The average molecular weight is 402 g/mol. The molecule has 2 aromatic rings. The van der Waals surface area contributed by atoms with Crippen molar-refractivity contribution in [1.82, 2.24) is 0 Å². The number of alkyl halides is 2. The van der Waals surface area contributed by atoms with Crippen LogP contribution < -0.4 is 4.74 Å². The summed E-state index contributed by atoms with van der Waals surface area (Å²) in [4.78, 5) is -1.99. The Morgan fingerprint density at radius 3 is 2.26 bits per heavy atom. The zero-order chi connectivity index (χ0) is 19.9. The Bertz CT molecular complexity index is 1070. The van der Waals surface area contributed by atoms with Gasteiger partial charge in [-0.1, -0.05) is 37.3 Å². The van der Waals surface area contributed by atoms with Crippen molar-refractivity contribution in [2.24, 2.45) is 0 Å². The molecule has 1 N–H and O–H groups in total. The molecule has 0 aromatic heterocycles. The fourth-order valence-corrected chi connectivity index (χ4v) is 3.68. The maximum atomic E-state index is 14.3. The quantitative estimate of drug-likeness (QED) is 0.594. The lowest BCUT2D eigenvalue weighted by Crippen LogP contribution is -2.33. The van der Waals surface area contributed by atoms with Crippen molar-refractivity contribution in [2.75, 3.05) is 0 Å². The van der Waals surface area contributed by atoms with Gasteiger partial charge in [0.05, 0.1) is 0 Å². The number of hydrogen-bond donors (Lipinski definition) is 1. The standard InChI is InChI=1S/C18H14F4O4S/c1-2-9-5-3-6-10-7-4-8-11(12(9)10)26-17-13(19)15(21)18(27(23,24)25)16(22)14(17)20/h3-8,13,15H,2H2,1H3,(H,23,24,25). The van der Waals surface area contributed by atoms with Gasteiger partial charge in [-0.3, -0.25) is 4.55 Å². The van der Waals surface area contributed by atoms with Gasteiger partial charge in [-0.15, -0.1) is 0 Å². The summed E-state index contributed by atoms with van der Waals surface area (Å²) in [7, 11) is -5.47. The van der Waals surface area contributed by atoms with E-state index in [0.717, 1.165) is 5.56 Å². The summed E-state index contributed by atoms with van der Waals surface area (Å²) >= 11 is 0. The van der Waals surface area contributed by atoms with Crippen LogP contribution in [-0.2, 0) is 16.5 Å². The summed E-state index contributed by atoms with van der Waals surface area (Å²) < 4.78 is 92.8. The van der Waals surface area contributed by atoms with Crippen LogP contribution in [0.3, 0.4) is 0 Å². The molecule has 0 radical (unpaired) electrons. The van der Waals surface area contributed by atoms with Crippen LogP contribution >= 0.6 is 0 Å². The monoisotopic (exact) mass is 402 g/mol. The van der Waals surface area contributed by atoms with Gasteiger partial charge < -0.3 is 4.74 Å². The van der Waals surface area contributed by atoms with Crippen molar-refractivity contribution in [3.63, 3.8) is 0 Å². The van der Waals surface area contributed by atoms with Crippen LogP contribution in [0.4, 0.5) is 17.6 Å². The predicted molar refractivity (Wildman–Crippen MR) is 91.6 cm³/mol. The van der Waals surface area contributed by atoms with E-state index in [-0.39, 0.29) is 5.75 Å². The number of benzene rings is 2. The zero-order valence-corrected chi connectivity index (χ0v) is 14.7. The highest BCUT2D eigenvalue weighted by atomic mass is 32.2. The molecular formula is C18H14F4O4S. The molecule has 2 atom stereocenters. The molecule has 1 aliphatic rings. The number of fused-ring (bicyclic) bond motifs is 1. The molecule has 1 aliphatic carbocycles. The Hall–Kier alpha value is -2.39. The molecule has 2 aromatic carbocycles. The van der Waals surface area contributed by atoms with Crippen molar-refractivity contribution in [2.45, 2.75) is 25.7 Å². The van der Waals surface area contributed by atoms with Gasteiger partial charge in [0.2, 0.25) is 5.83 Å². The van der Waals surface area contributed by atoms with Crippen LogP contribution in [-0.4, -0.2) is 25.3 Å². The van der Waals surface area contributed by atoms with E-state index in [4.69, 9.17) is 9.29 Å². The van der Waals surface area contributed by atoms with Gasteiger partial charge in [0.1, 0.15) is 10.7 Å². The molecule has 0 saturated heterocycles. The molecule has 0 amide bonds. The minimum absolute atomic E-state index is 0.0342. The van der Waals surface area contributed by atoms with Gasteiger partial charge in [-0.2, -0.15) is 12.8 Å². The molecule has 2 unspecified atom stereocenters. The number of allylic oxidation sites excluding steroid dienone is 4. The second-order valence-corrected chi connectivity index (χ2v) is 7.25. The molecule has 0 saturated carbocycles. The largest absolute Gasteiger partial charge is 0.455 e. The molecule has 0 heterocycles. The van der Waals surface area contributed by atoms with Crippen LogP contribution in [0.2, 0.25) is 0 Å². The summed E-state index contributed by atoms with van der Waals surface area (Å²) in [5, 5.41) is 1.20. The van der Waals surface area contributed by atoms with Crippen molar-refractivity contribution >= 4 is 20.9 Å². The second kappa shape index (κ2) is 6.97. The number of ether oxygens (including phenoxy) is 1. The van der Waals surface area contributed by atoms with Gasteiger partial charge in [0, 0.05) is 5.39 Å². The normalized spacial score (nSPS) is 21.1. The Kier molecular flexibility index (Phi) is 5.00. The maximum absolute atomic E-state index is 14.3. The van der Waals surface area contributed by atoms with E-state index in [1.165, 1.54) is 12.1 Å². The summed E-state index contributed by atoms with van der Waals surface area (Å²) in [5.41, 5.74) is 0.779. The van der Waals surface area contributed by atoms with Crippen LogP contribution in [0.15, 0.2) is 58.7 Å². The van der Waals surface area contributed by atoms with E-state index in [1.54, 1.807) is 24.3 Å². The lowest BCUT2D eigenvalue weighted by molar-refractivity contribution is 0.165. The first kappa shape index (κ1) is 19.4. The molecule has 144 valence electrons. The fraction of sp³-hybridized carbons (Fsp3) is 0.222. The molecule has 0 fully saturated rings. The minimum Gasteiger partial charge on any atom is -0.455 e. The molecule has 4 nitrogen and oxygen atoms in total. The molecule has 9 heteroatoms. The van der Waals surface area contributed by atoms with E-state index in [0.29, 0.717) is 17.2 Å². The first-order valence-corrected chi connectivity index (χ1v) is 9.34. The van der Waals surface area contributed by atoms with E-state index < -0.39 is 44.8 Å². The lowest BCUT2D eigenvalue weighted by atomic mass is 10.0. The third kappa shape index (κ3) is 3.32. The first-order chi connectivity index (χ1) is 12.7. The first-order valence-electron chi connectivity index (χ1n) is 7.90. The summed E-state index contributed by atoms with van der Waals surface area (Å²) in [6.45, 7) is 1.85. The molecule has 0 spiro atoms. The Balaban J connectivity index is 2.18. The summed E-state index contributed by atoms with van der Waals surface area (Å²) in [6.07, 6.45) is -5.54. The maximum Gasteiger partial charge on any atom is 0.296 e. The van der Waals surface area contributed by atoms with Crippen LogP contribution in [0.1, 0.15) is 12.5 Å². The number of halogens is 4. The van der Waals surface area contributed by atoms with Crippen molar-refractivity contribution in [3.05, 3.63) is 64.3 Å². The molecule has 3 rings (SSSR count). The highest BCUT2D eigenvalue weighted by Crippen LogP contribution is 2.40. The van der Waals surface area contributed by atoms with E-state index in [1.807, 2.05) is 6.92 Å². The molecule has 0 aliphatic heterocycles. The highest BCUT2D eigenvalue weighted by molar-refractivity contribution is 7.89. The average Bonchev–Trinajstić information content (AvgIpc) is 2.62. The van der Waals surface area contributed by atoms with Gasteiger partial charge in [0.25, 0.3) is 10.1 Å². The third-order valence-electron chi connectivity index (χ3n) is 4.21. The van der Waals surface area contributed by atoms with E-state index in [2.05, 4.69) is 0 Å². The third-order valence-corrected chi connectivity index (χ3v) is 5.17. The van der Waals surface area contributed by atoms with Gasteiger partial charge >= 0.3 is 0 Å². The minimum atomic E-state index is -5.47. The van der Waals surface area contributed by atoms with Crippen molar-refractivity contribution in [3.8, 4) is 5.75 Å². The van der Waals surface area contributed by atoms with Crippen LogP contribution in [0, 0.1) is 0 Å².